The van der Waals surface area contributed by atoms with Crippen molar-refractivity contribution in [2.45, 2.75) is 6.32 Å². The molecule has 7 aromatic carbocycles. The van der Waals surface area contributed by atoms with Gasteiger partial charge in [0.2, 0.25) is 0 Å². The van der Waals surface area contributed by atoms with Crippen molar-refractivity contribution in [3.63, 3.8) is 0 Å². The predicted octanol–water partition coefficient (Wildman–Crippen LogP) is 6.05. The minimum Gasteiger partial charge on any atom is -0.0560 e. The lowest BCUT2D eigenvalue weighted by molar-refractivity contribution is 1.47. The first-order valence-corrected chi connectivity index (χ1v) is 9.44. The second-order valence-electron chi connectivity index (χ2n) is 7.63. The van der Waals surface area contributed by atoms with E-state index in [2.05, 4.69) is 74.6 Å². The van der Waals surface area contributed by atoms with Crippen LogP contribution >= 0.6 is 0 Å². The Balaban J connectivity index is 2.05. The Morgan fingerprint density at radius 1 is 0.462 bits per heavy atom. The zero-order valence-electron chi connectivity index (χ0n) is 14.6. The molecule has 0 fully saturated rings. The third-order valence-corrected chi connectivity index (χ3v) is 6.47. The van der Waals surface area contributed by atoms with Crippen molar-refractivity contribution in [3.05, 3.63) is 72.3 Å². The smallest absolute Gasteiger partial charge is 0.0560 e. The fourth-order valence-corrected chi connectivity index (χ4v) is 5.36. The largest absolute Gasteiger partial charge is 0.107 e. The van der Waals surface area contributed by atoms with E-state index in [1.54, 1.807) is 0 Å². The van der Waals surface area contributed by atoms with Gasteiger partial charge in [-0.25, -0.2) is 0 Å². The van der Waals surface area contributed by atoms with Gasteiger partial charge in [0.1, 0.15) is 7.85 Å². The first-order chi connectivity index (χ1) is 12.8. The van der Waals surface area contributed by atoms with Crippen LogP contribution in [0.5, 0.6) is 0 Å². The van der Waals surface area contributed by atoms with Crippen molar-refractivity contribution >= 4 is 72.5 Å². The molecule has 7 aromatic rings. The van der Waals surface area contributed by atoms with Gasteiger partial charge in [-0.1, -0.05) is 73.1 Å². The van der Waals surface area contributed by atoms with Gasteiger partial charge in [0.05, 0.1) is 0 Å². The van der Waals surface area contributed by atoms with Gasteiger partial charge in [-0.05, 0) is 70.2 Å². The maximum atomic E-state index is 2.41. The average molecular weight is 326 g/mol. The molecule has 0 aromatic heterocycles. The van der Waals surface area contributed by atoms with E-state index in [1.807, 2.05) is 0 Å². The molecule has 0 aliphatic carbocycles. The third kappa shape index (κ3) is 1.30. The molecule has 0 aliphatic heterocycles. The number of hydrogen-bond acceptors (Lipinski definition) is 0. The molecule has 0 amide bonds. The lowest BCUT2D eigenvalue weighted by atomic mass is 9.80. The molecule has 0 N–H and O–H groups in total. The second kappa shape index (κ2) is 4.19. The van der Waals surface area contributed by atoms with Crippen molar-refractivity contribution in [1.82, 2.24) is 0 Å². The van der Waals surface area contributed by atoms with Gasteiger partial charge in [0.15, 0.2) is 0 Å². The average Bonchev–Trinajstić information content (AvgIpc) is 2.71. The molecule has 0 atom stereocenters. The van der Waals surface area contributed by atoms with Crippen LogP contribution in [0.15, 0.2) is 66.7 Å². The summed E-state index contributed by atoms with van der Waals surface area (Å²) in [6.07, 6.45) is 1.07. The van der Waals surface area contributed by atoms with Crippen LogP contribution in [-0.2, 0) is 6.32 Å². The minimum absolute atomic E-state index is 1.07. The highest BCUT2D eigenvalue weighted by atomic mass is 14.2. The van der Waals surface area contributed by atoms with Crippen LogP contribution in [0.25, 0.3) is 64.6 Å². The maximum absolute atomic E-state index is 2.41. The van der Waals surface area contributed by atoms with Gasteiger partial charge < -0.3 is 0 Å². The monoisotopic (exact) mass is 326 g/mol. The van der Waals surface area contributed by atoms with E-state index < -0.39 is 0 Å². The van der Waals surface area contributed by atoms with Crippen LogP contribution in [0, 0.1) is 0 Å². The summed E-state index contributed by atoms with van der Waals surface area (Å²) in [5.41, 5.74) is 1.46. The van der Waals surface area contributed by atoms with Gasteiger partial charge >= 0.3 is 0 Å². The lowest BCUT2D eigenvalue weighted by Gasteiger charge is -2.21. The van der Waals surface area contributed by atoms with E-state index in [9.17, 15) is 0 Å². The first-order valence-electron chi connectivity index (χ1n) is 9.44. The van der Waals surface area contributed by atoms with Crippen LogP contribution in [0.2, 0.25) is 0 Å². The molecule has 118 valence electrons. The van der Waals surface area contributed by atoms with Crippen LogP contribution in [0.3, 0.4) is 0 Å². The molecule has 0 aliphatic rings. The number of benzene rings is 7. The molecule has 26 heavy (non-hydrogen) atoms. The molecule has 0 spiro atoms. The quantitative estimate of drug-likeness (QED) is 0.196. The summed E-state index contributed by atoms with van der Waals surface area (Å²) in [6, 6.07) is 25.4. The summed E-state index contributed by atoms with van der Waals surface area (Å²) >= 11 is 0. The summed E-state index contributed by atoms with van der Waals surface area (Å²) in [6.45, 7) is 0. The van der Waals surface area contributed by atoms with E-state index in [0.29, 0.717) is 0 Å². The Morgan fingerprint density at radius 2 is 0.846 bits per heavy atom. The number of rotatable bonds is 1. The van der Waals surface area contributed by atoms with Gasteiger partial charge in [0.25, 0.3) is 0 Å². The lowest BCUT2D eigenvalue weighted by Crippen LogP contribution is -1.95. The van der Waals surface area contributed by atoms with Crippen molar-refractivity contribution in [2.24, 2.45) is 0 Å². The summed E-state index contributed by atoms with van der Waals surface area (Å²) in [4.78, 5) is 0. The van der Waals surface area contributed by atoms with Gasteiger partial charge in [0, 0.05) is 0 Å². The standard InChI is InChI=1S/C25H15B/c26-12-18-11-17-8-7-15-4-2-13-1-3-14-5-6-16-9-10-19(18)25-23(16)21(14)20(13)22(15)24(17)25/h1-11H,12,26H2. The second-order valence-corrected chi connectivity index (χ2v) is 7.63. The van der Waals surface area contributed by atoms with Crippen molar-refractivity contribution in [3.8, 4) is 0 Å². The molecular weight excluding hydrogens is 311 g/mol. The van der Waals surface area contributed by atoms with E-state index in [-0.39, 0.29) is 0 Å². The van der Waals surface area contributed by atoms with E-state index >= 15 is 0 Å². The van der Waals surface area contributed by atoms with Gasteiger partial charge in [-0.15, -0.1) is 0 Å². The molecule has 0 unspecified atom stereocenters. The Labute approximate surface area is 151 Å². The van der Waals surface area contributed by atoms with Crippen LogP contribution in [0.1, 0.15) is 5.56 Å². The summed E-state index contributed by atoms with van der Waals surface area (Å²) in [5.74, 6) is 0. The third-order valence-electron chi connectivity index (χ3n) is 6.47. The van der Waals surface area contributed by atoms with E-state index in [1.165, 1.54) is 70.2 Å². The molecule has 0 bridgehead atoms. The SMILES string of the molecule is BCc1cc2ccc3ccc4ccc5ccc6ccc1c1c6c5c4c3c21. The van der Waals surface area contributed by atoms with Gasteiger partial charge in [-0.2, -0.15) is 0 Å². The Morgan fingerprint density at radius 3 is 1.35 bits per heavy atom. The van der Waals surface area contributed by atoms with Crippen molar-refractivity contribution in [1.29, 1.82) is 0 Å². The highest BCUT2D eigenvalue weighted by molar-refractivity contribution is 6.44. The normalized spacial score (nSPS) is 12.9. The molecule has 0 radical (unpaired) electrons. The van der Waals surface area contributed by atoms with Crippen LogP contribution in [0.4, 0.5) is 0 Å². The molecule has 7 rings (SSSR count). The predicted molar refractivity (Wildman–Crippen MR) is 117 cm³/mol. The Hall–Kier alpha value is -3.06. The van der Waals surface area contributed by atoms with Crippen molar-refractivity contribution in [2.75, 3.05) is 0 Å². The first kappa shape index (κ1) is 13.2. The van der Waals surface area contributed by atoms with Crippen LogP contribution in [-0.4, -0.2) is 7.85 Å². The summed E-state index contributed by atoms with van der Waals surface area (Å²) < 4.78 is 0. The highest BCUT2D eigenvalue weighted by Gasteiger charge is 2.20. The van der Waals surface area contributed by atoms with Crippen molar-refractivity contribution < 1.29 is 0 Å². The fourth-order valence-electron chi connectivity index (χ4n) is 5.36. The molecule has 0 saturated heterocycles. The maximum Gasteiger partial charge on any atom is 0.107 e. The Kier molecular flexibility index (Phi) is 2.12. The number of hydrogen-bond donors (Lipinski definition) is 0. The zero-order valence-corrected chi connectivity index (χ0v) is 14.6. The molecule has 0 nitrogen and oxygen atoms in total. The zero-order chi connectivity index (χ0) is 17.0. The van der Waals surface area contributed by atoms with E-state index in [0.717, 1.165) is 6.32 Å². The fraction of sp³-hybridized carbons (Fsp3) is 0.0400. The van der Waals surface area contributed by atoms with Crippen LogP contribution < -0.4 is 0 Å². The van der Waals surface area contributed by atoms with E-state index in [4.69, 9.17) is 0 Å². The topological polar surface area (TPSA) is 0 Å². The Bertz CT molecular complexity index is 1550. The highest BCUT2D eigenvalue weighted by Crippen LogP contribution is 2.48. The molecule has 0 saturated carbocycles. The molecule has 0 heterocycles. The molecule has 1 heteroatoms. The van der Waals surface area contributed by atoms with Gasteiger partial charge in [-0.3, -0.25) is 0 Å². The summed E-state index contributed by atoms with van der Waals surface area (Å²) in [7, 11) is 2.27. The molecular formula is C25H15B. The minimum atomic E-state index is 1.07. The summed E-state index contributed by atoms with van der Waals surface area (Å²) in [5, 5.41) is 17.0.